The van der Waals surface area contributed by atoms with Gasteiger partial charge in [0.15, 0.2) is 0 Å². The zero-order chi connectivity index (χ0) is 17.9. The molecule has 0 aromatic heterocycles. The van der Waals surface area contributed by atoms with Gasteiger partial charge in [0.1, 0.15) is 6.04 Å². The van der Waals surface area contributed by atoms with Crippen molar-refractivity contribution in [2.24, 2.45) is 0 Å². The first-order valence-corrected chi connectivity index (χ1v) is 6.21. The fraction of sp³-hybridized carbons (Fsp3) is 0.462. The number of alkyl halides is 7. The van der Waals surface area contributed by atoms with Gasteiger partial charge in [0.2, 0.25) is 0 Å². The molecule has 10 heteroatoms. The van der Waals surface area contributed by atoms with Crippen molar-refractivity contribution >= 4 is 5.97 Å². The number of hydrogen-bond donors (Lipinski definition) is 2. The van der Waals surface area contributed by atoms with Gasteiger partial charge in [0.25, 0.3) is 0 Å². The van der Waals surface area contributed by atoms with Crippen molar-refractivity contribution in [3.8, 4) is 0 Å². The third-order valence-corrected chi connectivity index (χ3v) is 2.97. The quantitative estimate of drug-likeness (QED) is 0.746. The number of nitrogens with one attached hydrogen (secondary N) is 1. The Morgan fingerprint density at radius 2 is 1.57 bits per heavy atom. The van der Waals surface area contributed by atoms with Gasteiger partial charge in [0.05, 0.1) is 6.54 Å². The van der Waals surface area contributed by atoms with E-state index in [0.29, 0.717) is 5.56 Å². The van der Waals surface area contributed by atoms with E-state index < -0.39 is 36.6 Å². The van der Waals surface area contributed by atoms with Gasteiger partial charge in [-0.25, -0.2) is 0 Å². The first-order chi connectivity index (χ1) is 10.4. The smallest absolute Gasteiger partial charge is 0.459 e. The normalized spacial score (nSPS) is 14.6. The number of hydrogen-bond acceptors (Lipinski definition) is 2. The fourth-order valence-corrected chi connectivity index (χ4v) is 1.67. The number of halogens is 7. The first kappa shape index (κ1) is 19.2. The predicted octanol–water partition coefficient (Wildman–Crippen LogP) is 3.10. The molecule has 0 spiro atoms. The molecule has 0 radical (unpaired) electrons. The van der Waals surface area contributed by atoms with E-state index in [-0.39, 0.29) is 6.42 Å². The maximum Gasteiger partial charge on any atom is 0.459 e. The van der Waals surface area contributed by atoms with Crippen molar-refractivity contribution < 1.29 is 40.6 Å². The summed E-state index contributed by atoms with van der Waals surface area (Å²) in [5.74, 6) is -13.4. The third-order valence-electron chi connectivity index (χ3n) is 2.97. The molecule has 0 saturated heterocycles. The van der Waals surface area contributed by atoms with Gasteiger partial charge in [-0.3, -0.25) is 10.1 Å². The molecular formula is C13H12F7NO2. The number of carboxylic acids is 1. The molecule has 0 aliphatic heterocycles. The molecule has 0 bridgehead atoms. The Bertz CT molecular complexity index is 531. The monoisotopic (exact) mass is 347 g/mol. The Kier molecular flexibility index (Phi) is 5.62. The van der Waals surface area contributed by atoms with E-state index >= 15 is 0 Å². The number of aliphatic carboxylic acids is 1. The van der Waals surface area contributed by atoms with Gasteiger partial charge in [0, 0.05) is 0 Å². The molecule has 0 amide bonds. The second-order valence-electron chi connectivity index (χ2n) is 4.74. The maximum absolute atomic E-state index is 13.1. The minimum Gasteiger partial charge on any atom is -0.480 e. The molecule has 2 N–H and O–H groups in total. The highest BCUT2D eigenvalue weighted by molar-refractivity contribution is 5.73. The van der Waals surface area contributed by atoms with Crippen molar-refractivity contribution in [1.82, 2.24) is 5.32 Å². The second-order valence-corrected chi connectivity index (χ2v) is 4.74. The van der Waals surface area contributed by atoms with Crippen LogP contribution in [0.1, 0.15) is 5.56 Å². The molecule has 1 rings (SSSR count). The van der Waals surface area contributed by atoms with Gasteiger partial charge in [-0.15, -0.1) is 0 Å². The standard InChI is InChI=1S/C13H12F7NO2/c14-11(15,12(16,17)13(18,19)20)7-21-9(10(22)23)6-8-4-2-1-3-5-8/h1-5,9,21H,6-7H2,(H,22,23)/t9-/m0/s1. The minimum atomic E-state index is -6.45. The van der Waals surface area contributed by atoms with Crippen LogP contribution in [0.2, 0.25) is 0 Å². The number of carboxylic acid groups (broad SMARTS) is 1. The summed E-state index contributed by atoms with van der Waals surface area (Å²) in [6.07, 6.45) is -6.81. The molecule has 0 aliphatic carbocycles. The Morgan fingerprint density at radius 1 is 1.04 bits per heavy atom. The lowest BCUT2D eigenvalue weighted by molar-refractivity contribution is -0.352. The first-order valence-electron chi connectivity index (χ1n) is 6.21. The van der Waals surface area contributed by atoms with E-state index in [0.717, 1.165) is 0 Å². The summed E-state index contributed by atoms with van der Waals surface area (Å²) in [5.41, 5.74) is 0.387. The minimum absolute atomic E-state index is 0.357. The average Bonchev–Trinajstić information content (AvgIpc) is 2.42. The third kappa shape index (κ3) is 4.57. The summed E-state index contributed by atoms with van der Waals surface area (Å²) in [6, 6.07) is 5.83. The molecule has 1 aromatic carbocycles. The molecule has 0 saturated carbocycles. The van der Waals surface area contributed by atoms with Crippen LogP contribution in [-0.4, -0.2) is 41.7 Å². The zero-order valence-electron chi connectivity index (χ0n) is 11.4. The SMILES string of the molecule is O=C(O)[C@H](Cc1ccccc1)NCC(F)(F)C(F)(F)C(F)(F)F. The lowest BCUT2D eigenvalue weighted by Gasteiger charge is -2.29. The molecule has 0 fully saturated rings. The summed E-state index contributed by atoms with van der Waals surface area (Å²) in [6.45, 7) is -2.14. The second kappa shape index (κ2) is 6.73. The number of carbonyl (C=O) groups is 1. The largest absolute Gasteiger partial charge is 0.480 e. The summed E-state index contributed by atoms with van der Waals surface area (Å²) in [5, 5.41) is 10.4. The molecular weight excluding hydrogens is 335 g/mol. The predicted molar refractivity (Wildman–Crippen MR) is 65.5 cm³/mol. The molecule has 0 unspecified atom stereocenters. The van der Waals surface area contributed by atoms with Gasteiger partial charge >= 0.3 is 24.0 Å². The maximum atomic E-state index is 13.1. The van der Waals surface area contributed by atoms with E-state index in [9.17, 15) is 35.5 Å². The van der Waals surface area contributed by atoms with E-state index in [1.54, 1.807) is 11.4 Å². The Hall–Kier alpha value is -1.84. The molecule has 0 aliphatic rings. The van der Waals surface area contributed by atoms with Crippen LogP contribution < -0.4 is 5.32 Å². The highest BCUT2D eigenvalue weighted by Gasteiger charge is 2.72. The van der Waals surface area contributed by atoms with Gasteiger partial charge in [-0.1, -0.05) is 30.3 Å². The summed E-state index contributed by atoms with van der Waals surface area (Å²) >= 11 is 0. The van der Waals surface area contributed by atoms with E-state index in [1.807, 2.05) is 0 Å². The Balaban J connectivity index is 2.81. The van der Waals surface area contributed by atoms with Crippen LogP contribution in [-0.2, 0) is 11.2 Å². The van der Waals surface area contributed by atoms with E-state index in [2.05, 4.69) is 0 Å². The lowest BCUT2D eigenvalue weighted by Crippen LogP contribution is -2.58. The van der Waals surface area contributed by atoms with Crippen LogP contribution in [0, 0.1) is 0 Å². The van der Waals surface area contributed by atoms with Crippen LogP contribution in [0.15, 0.2) is 30.3 Å². The highest BCUT2D eigenvalue weighted by Crippen LogP contribution is 2.46. The van der Waals surface area contributed by atoms with Crippen LogP contribution in [0.4, 0.5) is 30.7 Å². The van der Waals surface area contributed by atoms with Crippen LogP contribution in [0.5, 0.6) is 0 Å². The highest BCUT2D eigenvalue weighted by atomic mass is 19.4. The van der Waals surface area contributed by atoms with Crippen molar-refractivity contribution in [2.45, 2.75) is 30.5 Å². The molecule has 0 heterocycles. The van der Waals surface area contributed by atoms with Crippen LogP contribution >= 0.6 is 0 Å². The van der Waals surface area contributed by atoms with Crippen molar-refractivity contribution in [3.05, 3.63) is 35.9 Å². The summed E-state index contributed by atoms with van der Waals surface area (Å²) in [7, 11) is 0. The molecule has 23 heavy (non-hydrogen) atoms. The number of benzene rings is 1. The van der Waals surface area contributed by atoms with E-state index in [4.69, 9.17) is 5.11 Å². The molecule has 1 aromatic rings. The Labute approximate surface area is 126 Å². The molecule has 3 nitrogen and oxygen atoms in total. The fourth-order valence-electron chi connectivity index (χ4n) is 1.67. The van der Waals surface area contributed by atoms with Crippen LogP contribution in [0.25, 0.3) is 0 Å². The summed E-state index contributed by atoms with van der Waals surface area (Å²) < 4.78 is 87.7. The molecule has 130 valence electrons. The summed E-state index contributed by atoms with van der Waals surface area (Å²) in [4.78, 5) is 11.0. The van der Waals surface area contributed by atoms with Gasteiger partial charge in [-0.05, 0) is 12.0 Å². The van der Waals surface area contributed by atoms with Crippen molar-refractivity contribution in [2.75, 3.05) is 6.54 Å². The van der Waals surface area contributed by atoms with Crippen molar-refractivity contribution in [1.29, 1.82) is 0 Å². The van der Waals surface area contributed by atoms with Crippen LogP contribution in [0.3, 0.4) is 0 Å². The molecule has 1 atom stereocenters. The van der Waals surface area contributed by atoms with Gasteiger partial charge in [-0.2, -0.15) is 30.7 Å². The van der Waals surface area contributed by atoms with Gasteiger partial charge < -0.3 is 5.11 Å². The lowest BCUT2D eigenvalue weighted by atomic mass is 10.1. The van der Waals surface area contributed by atoms with E-state index in [1.165, 1.54) is 24.3 Å². The Morgan fingerprint density at radius 3 is 2.00 bits per heavy atom. The number of rotatable bonds is 7. The zero-order valence-corrected chi connectivity index (χ0v) is 11.4. The average molecular weight is 347 g/mol. The van der Waals surface area contributed by atoms with Crippen molar-refractivity contribution in [3.63, 3.8) is 0 Å². The topological polar surface area (TPSA) is 49.3 Å².